The molecule has 1 atom stereocenters. The fourth-order valence-corrected chi connectivity index (χ4v) is 1.71. The van der Waals surface area contributed by atoms with Crippen LogP contribution in [-0.4, -0.2) is 25.2 Å². The highest BCUT2D eigenvalue weighted by Gasteiger charge is 2.18. The molecule has 2 heteroatoms. The van der Waals surface area contributed by atoms with Crippen LogP contribution in [0.15, 0.2) is 0 Å². The molecular formula is C15H34N2. The van der Waals surface area contributed by atoms with Gasteiger partial charge in [-0.25, -0.2) is 0 Å². The molecule has 0 heterocycles. The van der Waals surface area contributed by atoms with Crippen molar-refractivity contribution in [2.45, 2.75) is 73.4 Å². The Morgan fingerprint density at radius 3 is 2.00 bits per heavy atom. The Kier molecular flexibility index (Phi) is 8.06. The van der Waals surface area contributed by atoms with E-state index in [-0.39, 0.29) is 0 Å². The Hall–Kier alpha value is -0.0800. The summed E-state index contributed by atoms with van der Waals surface area (Å²) < 4.78 is 0. The first-order chi connectivity index (χ1) is 7.73. The Morgan fingerprint density at radius 2 is 1.53 bits per heavy atom. The number of hydrogen-bond donors (Lipinski definition) is 2. The maximum absolute atomic E-state index is 3.60. The lowest BCUT2D eigenvalue weighted by Gasteiger charge is -2.28. The van der Waals surface area contributed by atoms with Gasteiger partial charge >= 0.3 is 0 Å². The van der Waals surface area contributed by atoms with Crippen molar-refractivity contribution >= 4 is 0 Å². The second kappa shape index (κ2) is 8.10. The van der Waals surface area contributed by atoms with Gasteiger partial charge in [-0.1, -0.05) is 41.5 Å². The molecule has 1 unspecified atom stereocenters. The first-order valence-electron chi connectivity index (χ1n) is 7.19. The largest absolute Gasteiger partial charge is 0.314 e. The van der Waals surface area contributed by atoms with Crippen LogP contribution in [0.2, 0.25) is 0 Å². The van der Waals surface area contributed by atoms with E-state index in [1.54, 1.807) is 0 Å². The summed E-state index contributed by atoms with van der Waals surface area (Å²) in [6.07, 6.45) is 2.54. The number of hydrogen-bond acceptors (Lipinski definition) is 2. The predicted molar refractivity (Wildman–Crippen MR) is 78.5 cm³/mol. The maximum Gasteiger partial charge on any atom is 0.00390 e. The molecule has 2 N–H and O–H groups in total. The van der Waals surface area contributed by atoms with E-state index in [1.807, 2.05) is 0 Å². The van der Waals surface area contributed by atoms with Gasteiger partial charge in [-0.05, 0) is 37.6 Å². The molecule has 0 aliphatic heterocycles. The third-order valence-electron chi connectivity index (χ3n) is 3.12. The Labute approximate surface area is 109 Å². The SMILES string of the molecule is CC(C)CNC(C)CCC(C)(C)CNC(C)C. The smallest absolute Gasteiger partial charge is 0.00390 e. The van der Waals surface area contributed by atoms with Gasteiger partial charge in [0.2, 0.25) is 0 Å². The van der Waals surface area contributed by atoms with Crippen molar-refractivity contribution in [3.8, 4) is 0 Å². The lowest BCUT2D eigenvalue weighted by molar-refractivity contribution is 0.279. The van der Waals surface area contributed by atoms with Gasteiger partial charge in [0.25, 0.3) is 0 Å². The monoisotopic (exact) mass is 242 g/mol. The fourth-order valence-electron chi connectivity index (χ4n) is 1.71. The highest BCUT2D eigenvalue weighted by atomic mass is 14.9. The molecule has 0 aliphatic rings. The second-order valence-electron chi connectivity index (χ2n) is 6.94. The average molecular weight is 242 g/mol. The first-order valence-corrected chi connectivity index (χ1v) is 7.19. The van der Waals surface area contributed by atoms with Crippen molar-refractivity contribution in [3.05, 3.63) is 0 Å². The number of nitrogens with one attached hydrogen (secondary N) is 2. The molecule has 0 radical (unpaired) electrons. The van der Waals surface area contributed by atoms with Crippen LogP contribution in [0.25, 0.3) is 0 Å². The third kappa shape index (κ3) is 10.8. The summed E-state index contributed by atoms with van der Waals surface area (Å²) in [5, 5.41) is 7.14. The van der Waals surface area contributed by atoms with E-state index in [2.05, 4.69) is 59.1 Å². The molecule has 0 aromatic carbocycles. The predicted octanol–water partition coefficient (Wildman–Crippen LogP) is 3.42. The topological polar surface area (TPSA) is 24.1 Å². The Morgan fingerprint density at radius 1 is 0.941 bits per heavy atom. The van der Waals surface area contributed by atoms with Crippen molar-refractivity contribution < 1.29 is 0 Å². The number of rotatable bonds is 9. The van der Waals surface area contributed by atoms with Crippen molar-refractivity contribution in [2.24, 2.45) is 11.3 Å². The molecule has 0 aliphatic carbocycles. The Bertz CT molecular complexity index is 185. The van der Waals surface area contributed by atoms with Crippen LogP contribution in [0.5, 0.6) is 0 Å². The molecule has 2 nitrogen and oxygen atoms in total. The summed E-state index contributed by atoms with van der Waals surface area (Å²) in [6.45, 7) is 18.2. The molecule has 0 aromatic heterocycles. The minimum Gasteiger partial charge on any atom is -0.314 e. The van der Waals surface area contributed by atoms with Gasteiger partial charge in [0, 0.05) is 18.6 Å². The van der Waals surface area contributed by atoms with Crippen LogP contribution < -0.4 is 10.6 Å². The summed E-state index contributed by atoms with van der Waals surface area (Å²) in [4.78, 5) is 0. The third-order valence-corrected chi connectivity index (χ3v) is 3.12. The van der Waals surface area contributed by atoms with Gasteiger partial charge in [-0.15, -0.1) is 0 Å². The lowest BCUT2D eigenvalue weighted by atomic mass is 9.86. The van der Waals surface area contributed by atoms with E-state index in [4.69, 9.17) is 0 Å². The van der Waals surface area contributed by atoms with Crippen LogP contribution >= 0.6 is 0 Å². The summed E-state index contributed by atoms with van der Waals surface area (Å²) in [7, 11) is 0. The summed E-state index contributed by atoms with van der Waals surface area (Å²) in [5.74, 6) is 0.744. The van der Waals surface area contributed by atoms with E-state index in [0.717, 1.165) is 19.0 Å². The van der Waals surface area contributed by atoms with Gasteiger partial charge in [-0.3, -0.25) is 0 Å². The van der Waals surface area contributed by atoms with Crippen molar-refractivity contribution in [1.29, 1.82) is 0 Å². The molecular weight excluding hydrogens is 208 g/mol. The van der Waals surface area contributed by atoms with Crippen LogP contribution in [0.3, 0.4) is 0 Å². The van der Waals surface area contributed by atoms with E-state index < -0.39 is 0 Å². The van der Waals surface area contributed by atoms with Gasteiger partial charge in [0.15, 0.2) is 0 Å². The lowest BCUT2D eigenvalue weighted by Crippen LogP contribution is -2.36. The van der Waals surface area contributed by atoms with Crippen LogP contribution in [0.1, 0.15) is 61.3 Å². The van der Waals surface area contributed by atoms with Crippen LogP contribution in [-0.2, 0) is 0 Å². The molecule has 0 bridgehead atoms. The van der Waals surface area contributed by atoms with Gasteiger partial charge in [0.05, 0.1) is 0 Å². The van der Waals surface area contributed by atoms with E-state index in [0.29, 0.717) is 17.5 Å². The zero-order chi connectivity index (χ0) is 13.5. The van der Waals surface area contributed by atoms with Crippen molar-refractivity contribution in [1.82, 2.24) is 10.6 Å². The van der Waals surface area contributed by atoms with E-state index in [9.17, 15) is 0 Å². The van der Waals surface area contributed by atoms with Crippen molar-refractivity contribution in [2.75, 3.05) is 13.1 Å². The Balaban J connectivity index is 3.76. The van der Waals surface area contributed by atoms with Gasteiger partial charge in [0.1, 0.15) is 0 Å². The highest BCUT2D eigenvalue weighted by molar-refractivity contribution is 4.75. The second-order valence-corrected chi connectivity index (χ2v) is 6.94. The zero-order valence-electron chi connectivity index (χ0n) is 13.1. The molecule has 0 aromatic rings. The quantitative estimate of drug-likeness (QED) is 0.647. The molecule has 104 valence electrons. The normalized spacial score (nSPS) is 14.6. The molecule has 0 rings (SSSR count). The standard InChI is InChI=1S/C15H34N2/c1-12(2)10-16-14(5)8-9-15(6,7)11-17-13(3)4/h12-14,16-17H,8-11H2,1-7H3. The summed E-state index contributed by atoms with van der Waals surface area (Å²) in [5.41, 5.74) is 0.401. The minimum atomic E-state index is 0.401. The molecule has 0 fully saturated rings. The molecule has 0 saturated heterocycles. The molecule has 0 spiro atoms. The molecule has 0 saturated carbocycles. The minimum absolute atomic E-state index is 0.401. The first kappa shape index (κ1) is 16.9. The maximum atomic E-state index is 3.60. The highest BCUT2D eigenvalue weighted by Crippen LogP contribution is 2.22. The fraction of sp³-hybridized carbons (Fsp3) is 1.00. The summed E-state index contributed by atoms with van der Waals surface area (Å²) >= 11 is 0. The zero-order valence-corrected chi connectivity index (χ0v) is 13.1. The van der Waals surface area contributed by atoms with Gasteiger partial charge < -0.3 is 10.6 Å². The summed E-state index contributed by atoms with van der Waals surface area (Å²) in [6, 6.07) is 1.22. The van der Waals surface area contributed by atoms with Crippen molar-refractivity contribution in [3.63, 3.8) is 0 Å². The molecule has 17 heavy (non-hydrogen) atoms. The van der Waals surface area contributed by atoms with E-state index >= 15 is 0 Å². The van der Waals surface area contributed by atoms with Crippen LogP contribution in [0.4, 0.5) is 0 Å². The molecule has 0 amide bonds. The van der Waals surface area contributed by atoms with E-state index in [1.165, 1.54) is 12.8 Å². The van der Waals surface area contributed by atoms with Gasteiger partial charge in [-0.2, -0.15) is 0 Å². The van der Waals surface area contributed by atoms with Crippen LogP contribution in [0, 0.1) is 11.3 Å². The average Bonchev–Trinajstić information content (AvgIpc) is 2.21.